The van der Waals surface area contributed by atoms with Gasteiger partial charge in [-0.3, -0.25) is 9.59 Å². The SMILES string of the molecule is COCCN1C(=O)c2c(sc3c2CCCC3)C2=CC=CC=C(C2)C1C(=O)NC1CCCCC1. The van der Waals surface area contributed by atoms with Gasteiger partial charge in [0.15, 0.2) is 0 Å². The highest BCUT2D eigenvalue weighted by Crippen LogP contribution is 2.43. The molecule has 6 heteroatoms. The standard InChI is InChI=1S/C27H34N2O3S/c1-32-16-15-29-24(26(30)28-20-11-3-2-4-12-20)18-9-5-6-10-19(17-18)25-23(27(29)31)21-13-7-8-14-22(21)33-25/h5-6,9-10,20,24H,2-4,7-8,11-17H2,1H3,(H,28,30). The highest BCUT2D eigenvalue weighted by atomic mass is 32.1. The average molecular weight is 467 g/mol. The number of nitrogens with zero attached hydrogens (tertiary/aromatic N) is 1. The summed E-state index contributed by atoms with van der Waals surface area (Å²) in [5.41, 5.74) is 4.23. The highest BCUT2D eigenvalue weighted by Gasteiger charge is 2.40. The van der Waals surface area contributed by atoms with Gasteiger partial charge in [-0.1, -0.05) is 43.6 Å². The number of amides is 2. The van der Waals surface area contributed by atoms with Crippen molar-refractivity contribution < 1.29 is 14.3 Å². The van der Waals surface area contributed by atoms with E-state index in [2.05, 4.69) is 17.5 Å². The van der Waals surface area contributed by atoms with E-state index in [-0.39, 0.29) is 17.9 Å². The Balaban J connectivity index is 1.58. The number of carbonyl (C=O) groups is 2. The molecule has 1 aromatic rings. The molecule has 5 rings (SSSR count). The second-order valence-corrected chi connectivity index (χ2v) is 10.8. The fraction of sp³-hybridized carbons (Fsp3) is 0.556. The molecule has 176 valence electrons. The van der Waals surface area contributed by atoms with Crippen molar-refractivity contribution in [2.24, 2.45) is 0 Å². The second-order valence-electron chi connectivity index (χ2n) is 9.65. The molecule has 2 bridgehead atoms. The number of rotatable bonds is 5. The van der Waals surface area contributed by atoms with Crippen LogP contribution in [0.2, 0.25) is 0 Å². The predicted octanol–water partition coefficient (Wildman–Crippen LogP) is 4.82. The minimum absolute atomic E-state index is 0.0105. The van der Waals surface area contributed by atoms with Crippen molar-refractivity contribution >= 4 is 28.7 Å². The monoisotopic (exact) mass is 466 g/mol. The molecule has 5 nitrogen and oxygen atoms in total. The molecule has 2 heterocycles. The molecule has 33 heavy (non-hydrogen) atoms. The summed E-state index contributed by atoms with van der Waals surface area (Å²) in [5, 5.41) is 3.31. The molecule has 1 atom stereocenters. The topological polar surface area (TPSA) is 58.6 Å². The number of aryl methyl sites for hydroxylation is 1. The van der Waals surface area contributed by atoms with Gasteiger partial charge in [-0.25, -0.2) is 0 Å². The summed E-state index contributed by atoms with van der Waals surface area (Å²) < 4.78 is 5.39. The van der Waals surface area contributed by atoms with Gasteiger partial charge in [-0.15, -0.1) is 11.3 Å². The van der Waals surface area contributed by atoms with Gasteiger partial charge < -0.3 is 15.0 Å². The van der Waals surface area contributed by atoms with E-state index in [9.17, 15) is 9.59 Å². The molecule has 0 aromatic carbocycles. The Kier molecular flexibility index (Phi) is 6.84. The van der Waals surface area contributed by atoms with Crippen LogP contribution >= 0.6 is 11.3 Å². The number of fused-ring (bicyclic) bond motifs is 6. The number of hydrogen-bond donors (Lipinski definition) is 1. The molecular formula is C27H34N2O3S. The predicted molar refractivity (Wildman–Crippen MR) is 132 cm³/mol. The number of thiophene rings is 1. The quantitative estimate of drug-likeness (QED) is 0.677. The molecule has 0 radical (unpaired) electrons. The number of methoxy groups -OCH3 is 1. The zero-order valence-corrected chi connectivity index (χ0v) is 20.3. The van der Waals surface area contributed by atoms with Crippen molar-refractivity contribution in [2.75, 3.05) is 20.3 Å². The molecule has 1 N–H and O–H groups in total. The van der Waals surface area contributed by atoms with Crippen LogP contribution in [0, 0.1) is 0 Å². The third-order valence-corrected chi connectivity index (χ3v) is 8.82. The van der Waals surface area contributed by atoms with Crippen molar-refractivity contribution in [1.82, 2.24) is 10.2 Å². The maximum absolute atomic E-state index is 14.2. The lowest BCUT2D eigenvalue weighted by Crippen LogP contribution is -2.54. The lowest BCUT2D eigenvalue weighted by molar-refractivity contribution is -0.125. The van der Waals surface area contributed by atoms with E-state index < -0.39 is 6.04 Å². The molecule has 1 fully saturated rings. The summed E-state index contributed by atoms with van der Waals surface area (Å²) >= 11 is 1.80. The highest BCUT2D eigenvalue weighted by molar-refractivity contribution is 7.13. The van der Waals surface area contributed by atoms with Crippen LogP contribution in [0.4, 0.5) is 0 Å². The van der Waals surface area contributed by atoms with Crippen LogP contribution in [0.25, 0.3) is 5.57 Å². The van der Waals surface area contributed by atoms with Crippen LogP contribution in [0.1, 0.15) is 77.0 Å². The molecule has 0 saturated heterocycles. The smallest absolute Gasteiger partial charge is 0.256 e. The Hall–Kier alpha value is -2.18. The van der Waals surface area contributed by atoms with Crippen LogP contribution < -0.4 is 5.32 Å². The summed E-state index contributed by atoms with van der Waals surface area (Å²) in [6.07, 6.45) is 18.9. The molecule has 1 aromatic heterocycles. The Morgan fingerprint density at radius 2 is 1.91 bits per heavy atom. The fourth-order valence-electron chi connectivity index (χ4n) is 5.77. The average Bonchev–Trinajstić information content (AvgIpc) is 3.04. The Bertz CT molecular complexity index is 1010. The van der Waals surface area contributed by atoms with Gasteiger partial charge in [-0.05, 0) is 61.7 Å². The Labute approximate surface area is 200 Å². The lowest BCUT2D eigenvalue weighted by Gasteiger charge is -2.36. The number of nitrogens with one attached hydrogen (secondary N) is 1. The number of hydrogen-bond acceptors (Lipinski definition) is 4. The third kappa shape index (κ3) is 4.47. The van der Waals surface area contributed by atoms with Crippen LogP contribution in [-0.2, 0) is 22.4 Å². The Morgan fingerprint density at radius 3 is 2.73 bits per heavy atom. The molecule has 1 saturated carbocycles. The summed E-state index contributed by atoms with van der Waals surface area (Å²) in [6.45, 7) is 0.814. The lowest BCUT2D eigenvalue weighted by atomic mass is 9.87. The minimum Gasteiger partial charge on any atom is -0.383 e. The van der Waals surface area contributed by atoms with Crippen molar-refractivity contribution in [3.63, 3.8) is 0 Å². The van der Waals surface area contributed by atoms with Crippen LogP contribution in [0.15, 0.2) is 29.9 Å². The molecule has 2 amide bonds. The molecule has 4 aliphatic rings. The van der Waals surface area contributed by atoms with E-state index in [1.807, 2.05) is 12.2 Å². The fourth-order valence-corrected chi connectivity index (χ4v) is 7.17. The van der Waals surface area contributed by atoms with E-state index in [1.54, 1.807) is 23.3 Å². The van der Waals surface area contributed by atoms with Crippen LogP contribution in [0.3, 0.4) is 0 Å². The summed E-state index contributed by atoms with van der Waals surface area (Å²) in [7, 11) is 1.65. The molecule has 1 unspecified atom stereocenters. The second kappa shape index (κ2) is 9.98. The first-order valence-electron chi connectivity index (χ1n) is 12.5. The summed E-state index contributed by atoms with van der Waals surface area (Å²) in [4.78, 5) is 32.2. The third-order valence-electron chi connectivity index (χ3n) is 7.45. The summed E-state index contributed by atoms with van der Waals surface area (Å²) in [6, 6.07) is -0.398. The first-order valence-corrected chi connectivity index (χ1v) is 13.3. The zero-order chi connectivity index (χ0) is 22.8. The van der Waals surface area contributed by atoms with Crippen molar-refractivity contribution in [1.29, 1.82) is 0 Å². The van der Waals surface area contributed by atoms with Crippen molar-refractivity contribution in [3.05, 3.63) is 50.8 Å². The van der Waals surface area contributed by atoms with Gasteiger partial charge in [0.1, 0.15) is 6.04 Å². The first kappa shape index (κ1) is 22.6. The van der Waals surface area contributed by atoms with E-state index >= 15 is 0 Å². The van der Waals surface area contributed by atoms with Gasteiger partial charge in [0, 0.05) is 29.5 Å². The molecule has 0 spiro atoms. The van der Waals surface area contributed by atoms with Gasteiger partial charge in [0.05, 0.1) is 12.2 Å². The van der Waals surface area contributed by atoms with Gasteiger partial charge in [0.2, 0.25) is 5.91 Å². The van der Waals surface area contributed by atoms with Gasteiger partial charge in [-0.2, -0.15) is 0 Å². The maximum Gasteiger partial charge on any atom is 0.256 e. The van der Waals surface area contributed by atoms with Crippen LogP contribution in [-0.4, -0.2) is 49.1 Å². The first-order chi connectivity index (χ1) is 16.2. The zero-order valence-electron chi connectivity index (χ0n) is 19.5. The molecule has 1 aliphatic heterocycles. The minimum atomic E-state index is -0.604. The van der Waals surface area contributed by atoms with E-state index in [4.69, 9.17) is 4.74 Å². The largest absolute Gasteiger partial charge is 0.383 e. The van der Waals surface area contributed by atoms with Crippen LogP contribution in [0.5, 0.6) is 0 Å². The van der Waals surface area contributed by atoms with Gasteiger partial charge in [0.25, 0.3) is 5.91 Å². The van der Waals surface area contributed by atoms with Crippen molar-refractivity contribution in [2.45, 2.75) is 76.3 Å². The van der Waals surface area contributed by atoms with E-state index in [0.29, 0.717) is 19.6 Å². The van der Waals surface area contributed by atoms with Crippen molar-refractivity contribution in [3.8, 4) is 0 Å². The maximum atomic E-state index is 14.2. The summed E-state index contributed by atoms with van der Waals surface area (Å²) in [5.74, 6) is -0.0524. The number of ether oxygens (including phenoxy) is 1. The Morgan fingerprint density at radius 1 is 1.12 bits per heavy atom. The van der Waals surface area contributed by atoms with E-state index in [0.717, 1.165) is 61.0 Å². The molecular weight excluding hydrogens is 432 g/mol. The number of allylic oxidation sites excluding steroid dienone is 5. The van der Waals surface area contributed by atoms with E-state index in [1.165, 1.54) is 28.9 Å². The molecule has 3 aliphatic carbocycles. The number of carbonyl (C=O) groups excluding carboxylic acids is 2. The normalized spacial score (nSPS) is 23.0. The van der Waals surface area contributed by atoms with Gasteiger partial charge >= 0.3 is 0 Å².